The van der Waals surface area contributed by atoms with Crippen LogP contribution in [0.1, 0.15) is 31.0 Å². The molecule has 1 saturated heterocycles. The number of morpholine rings is 1. The molecule has 1 aromatic carbocycles. The van der Waals surface area contributed by atoms with E-state index in [1.807, 2.05) is 10.9 Å². The zero-order chi connectivity index (χ0) is 18.1. The molecule has 26 heavy (non-hydrogen) atoms. The van der Waals surface area contributed by atoms with E-state index in [1.165, 1.54) is 16.5 Å². The number of rotatable bonds is 4. The highest BCUT2D eigenvalue weighted by Gasteiger charge is 2.12. The van der Waals surface area contributed by atoms with Gasteiger partial charge in [0.15, 0.2) is 0 Å². The molecule has 5 nitrogen and oxygen atoms in total. The van der Waals surface area contributed by atoms with Crippen LogP contribution in [0, 0.1) is 6.92 Å². The predicted octanol–water partition coefficient (Wildman–Crippen LogP) is 3.82. The topological polar surface area (TPSA) is 43.2 Å². The molecular formula is C21H26N4O. The monoisotopic (exact) mass is 350 g/mol. The second-order valence-corrected chi connectivity index (χ2v) is 7.37. The Balaban J connectivity index is 1.63. The van der Waals surface area contributed by atoms with Gasteiger partial charge >= 0.3 is 0 Å². The summed E-state index contributed by atoms with van der Waals surface area (Å²) < 4.78 is 7.41. The molecule has 1 fully saturated rings. The Kier molecular flexibility index (Phi) is 4.74. The summed E-state index contributed by atoms with van der Waals surface area (Å²) in [7, 11) is 0. The third kappa shape index (κ3) is 3.50. The van der Waals surface area contributed by atoms with E-state index in [9.17, 15) is 0 Å². The lowest BCUT2D eigenvalue weighted by molar-refractivity contribution is 0.0342. The van der Waals surface area contributed by atoms with Crippen LogP contribution in [0.25, 0.3) is 22.2 Å². The van der Waals surface area contributed by atoms with Gasteiger partial charge in [-0.05, 0) is 50.1 Å². The number of hydrogen-bond acceptors (Lipinski definition) is 4. The molecular weight excluding hydrogens is 324 g/mol. The van der Waals surface area contributed by atoms with Gasteiger partial charge in [-0.2, -0.15) is 5.10 Å². The van der Waals surface area contributed by atoms with Crippen LogP contribution in [0.15, 0.2) is 36.7 Å². The summed E-state index contributed by atoms with van der Waals surface area (Å²) >= 11 is 0. The van der Waals surface area contributed by atoms with Crippen LogP contribution < -0.4 is 0 Å². The first-order chi connectivity index (χ1) is 12.6. The van der Waals surface area contributed by atoms with Gasteiger partial charge in [-0.3, -0.25) is 9.58 Å². The summed E-state index contributed by atoms with van der Waals surface area (Å²) in [6, 6.07) is 9.16. The molecule has 0 amide bonds. The lowest BCUT2D eigenvalue weighted by atomic mass is 10.0. The molecule has 0 atom stereocenters. The molecule has 3 heterocycles. The number of benzene rings is 1. The van der Waals surface area contributed by atoms with Gasteiger partial charge < -0.3 is 4.74 Å². The first-order valence-electron chi connectivity index (χ1n) is 9.35. The molecule has 0 spiro atoms. The third-order valence-electron chi connectivity index (χ3n) is 5.02. The fraction of sp³-hybridized carbons (Fsp3) is 0.429. The predicted molar refractivity (Wildman–Crippen MR) is 104 cm³/mol. The summed E-state index contributed by atoms with van der Waals surface area (Å²) in [5.41, 5.74) is 5.70. The molecule has 4 rings (SSSR count). The number of aryl methyl sites for hydroxylation is 1. The molecule has 0 bridgehead atoms. The quantitative estimate of drug-likeness (QED) is 0.717. The lowest BCUT2D eigenvalue weighted by Crippen LogP contribution is -2.35. The van der Waals surface area contributed by atoms with E-state index < -0.39 is 0 Å². The minimum Gasteiger partial charge on any atom is -0.379 e. The average molecular weight is 350 g/mol. The maximum absolute atomic E-state index is 5.44. The van der Waals surface area contributed by atoms with Crippen molar-refractivity contribution in [1.29, 1.82) is 0 Å². The molecule has 0 aliphatic carbocycles. The van der Waals surface area contributed by atoms with Crippen LogP contribution >= 0.6 is 0 Å². The van der Waals surface area contributed by atoms with Crippen molar-refractivity contribution >= 4 is 10.9 Å². The van der Waals surface area contributed by atoms with Crippen molar-refractivity contribution in [3.8, 4) is 11.3 Å². The van der Waals surface area contributed by atoms with Crippen LogP contribution in [-0.2, 0) is 11.3 Å². The van der Waals surface area contributed by atoms with Crippen LogP contribution in [0.4, 0.5) is 0 Å². The minimum absolute atomic E-state index is 0.355. The second kappa shape index (κ2) is 7.17. The first-order valence-corrected chi connectivity index (χ1v) is 9.35. The highest BCUT2D eigenvalue weighted by Crippen LogP contribution is 2.26. The SMILES string of the molecule is Cc1cc(-c2cnn(C(C)C)c2)nc2ccc(CN3CCOCC3)cc12. The first kappa shape index (κ1) is 17.2. The van der Waals surface area contributed by atoms with Crippen molar-refractivity contribution in [3.05, 3.63) is 47.8 Å². The Morgan fingerprint density at radius 2 is 1.96 bits per heavy atom. The van der Waals surface area contributed by atoms with Crippen molar-refractivity contribution in [2.24, 2.45) is 0 Å². The summed E-state index contributed by atoms with van der Waals surface area (Å²) in [6.07, 6.45) is 3.98. The highest BCUT2D eigenvalue weighted by molar-refractivity contribution is 5.85. The zero-order valence-electron chi connectivity index (χ0n) is 15.8. The number of nitrogens with zero attached hydrogens (tertiary/aromatic N) is 4. The molecule has 3 aromatic rings. The van der Waals surface area contributed by atoms with Crippen LogP contribution in [-0.4, -0.2) is 46.0 Å². The maximum atomic E-state index is 5.44. The van der Waals surface area contributed by atoms with Gasteiger partial charge in [0, 0.05) is 42.8 Å². The van der Waals surface area contributed by atoms with Gasteiger partial charge in [0.25, 0.3) is 0 Å². The molecule has 1 aliphatic heterocycles. The van der Waals surface area contributed by atoms with Gasteiger partial charge in [-0.1, -0.05) is 6.07 Å². The largest absolute Gasteiger partial charge is 0.379 e. The van der Waals surface area contributed by atoms with Gasteiger partial charge in [-0.25, -0.2) is 4.98 Å². The second-order valence-electron chi connectivity index (χ2n) is 7.37. The Morgan fingerprint density at radius 3 is 2.69 bits per heavy atom. The summed E-state index contributed by atoms with van der Waals surface area (Å²) in [5, 5.41) is 5.67. The van der Waals surface area contributed by atoms with E-state index in [4.69, 9.17) is 9.72 Å². The van der Waals surface area contributed by atoms with Crippen molar-refractivity contribution < 1.29 is 4.74 Å². The summed E-state index contributed by atoms with van der Waals surface area (Å²) in [4.78, 5) is 7.33. The third-order valence-corrected chi connectivity index (χ3v) is 5.02. The van der Waals surface area contributed by atoms with E-state index in [0.29, 0.717) is 6.04 Å². The molecule has 0 N–H and O–H groups in total. The summed E-state index contributed by atoms with van der Waals surface area (Å²) in [5.74, 6) is 0. The highest BCUT2D eigenvalue weighted by atomic mass is 16.5. The molecule has 0 unspecified atom stereocenters. The number of ether oxygens (including phenoxy) is 1. The van der Waals surface area contributed by atoms with Crippen LogP contribution in [0.3, 0.4) is 0 Å². The molecule has 1 aliphatic rings. The number of hydrogen-bond donors (Lipinski definition) is 0. The number of pyridine rings is 1. The average Bonchev–Trinajstić information content (AvgIpc) is 3.13. The van der Waals surface area contributed by atoms with Crippen LogP contribution in [0.5, 0.6) is 0 Å². The molecule has 0 radical (unpaired) electrons. The normalized spacial score (nSPS) is 15.8. The van der Waals surface area contributed by atoms with Gasteiger partial charge in [0.1, 0.15) is 0 Å². The van der Waals surface area contributed by atoms with Crippen molar-refractivity contribution in [1.82, 2.24) is 19.7 Å². The van der Waals surface area contributed by atoms with E-state index in [2.05, 4.69) is 61.2 Å². The molecule has 136 valence electrons. The fourth-order valence-corrected chi connectivity index (χ4v) is 3.46. The van der Waals surface area contributed by atoms with E-state index in [-0.39, 0.29) is 0 Å². The van der Waals surface area contributed by atoms with Gasteiger partial charge in [0.2, 0.25) is 0 Å². The smallest absolute Gasteiger partial charge is 0.0743 e. The van der Waals surface area contributed by atoms with Crippen molar-refractivity contribution in [3.63, 3.8) is 0 Å². The van der Waals surface area contributed by atoms with E-state index in [0.717, 1.165) is 49.6 Å². The van der Waals surface area contributed by atoms with Crippen LogP contribution in [0.2, 0.25) is 0 Å². The number of fused-ring (bicyclic) bond motifs is 1. The minimum atomic E-state index is 0.355. The Hall–Kier alpha value is -2.24. The Labute approximate surface area is 154 Å². The fourth-order valence-electron chi connectivity index (χ4n) is 3.46. The van der Waals surface area contributed by atoms with Crippen molar-refractivity contribution in [2.45, 2.75) is 33.4 Å². The lowest BCUT2D eigenvalue weighted by Gasteiger charge is -2.26. The van der Waals surface area contributed by atoms with Gasteiger partial charge in [-0.15, -0.1) is 0 Å². The van der Waals surface area contributed by atoms with E-state index >= 15 is 0 Å². The zero-order valence-corrected chi connectivity index (χ0v) is 15.8. The van der Waals surface area contributed by atoms with Crippen molar-refractivity contribution in [2.75, 3.05) is 26.3 Å². The molecule has 2 aromatic heterocycles. The standard InChI is InChI=1S/C21H26N4O/c1-15(2)25-14-18(12-22-25)21-10-16(3)19-11-17(4-5-20(19)23-21)13-24-6-8-26-9-7-24/h4-5,10-12,14-15H,6-9,13H2,1-3H3. The van der Waals surface area contributed by atoms with E-state index in [1.54, 1.807) is 0 Å². The maximum Gasteiger partial charge on any atom is 0.0743 e. The number of aromatic nitrogens is 3. The Bertz CT molecular complexity index is 910. The summed E-state index contributed by atoms with van der Waals surface area (Å²) in [6.45, 7) is 11.1. The van der Waals surface area contributed by atoms with Gasteiger partial charge in [0.05, 0.1) is 30.6 Å². The molecule has 5 heteroatoms. The molecule has 0 saturated carbocycles. The Morgan fingerprint density at radius 1 is 1.15 bits per heavy atom.